The number of nitrogens with zero attached hydrogens (tertiary/aromatic N) is 2. The monoisotopic (exact) mass is 274 g/mol. The SMILES string of the molecule is CN(Cc1cccc(C(N)=S)c1)C(=O)c1cn[nH]c1. The zero-order chi connectivity index (χ0) is 13.8. The molecule has 0 unspecified atom stereocenters. The molecule has 0 fully saturated rings. The highest BCUT2D eigenvalue weighted by molar-refractivity contribution is 7.80. The van der Waals surface area contributed by atoms with Crippen LogP contribution in [0, 0.1) is 0 Å². The Bertz CT molecular complexity index is 594. The van der Waals surface area contributed by atoms with E-state index in [4.69, 9.17) is 18.0 Å². The first-order valence-corrected chi connectivity index (χ1v) is 6.11. The summed E-state index contributed by atoms with van der Waals surface area (Å²) in [5, 5.41) is 6.39. The number of hydrogen-bond acceptors (Lipinski definition) is 3. The molecular formula is C13H14N4OS. The van der Waals surface area contributed by atoms with Crippen molar-refractivity contribution in [2.45, 2.75) is 6.54 Å². The van der Waals surface area contributed by atoms with Crippen molar-refractivity contribution in [1.82, 2.24) is 15.1 Å². The molecule has 0 saturated heterocycles. The number of rotatable bonds is 4. The smallest absolute Gasteiger partial charge is 0.257 e. The van der Waals surface area contributed by atoms with Gasteiger partial charge in [0.15, 0.2) is 0 Å². The summed E-state index contributed by atoms with van der Waals surface area (Å²) in [6.45, 7) is 0.487. The number of H-pyrrole nitrogens is 1. The Hall–Kier alpha value is -2.21. The Morgan fingerprint density at radius 1 is 1.47 bits per heavy atom. The molecule has 0 aliphatic carbocycles. The molecule has 0 aliphatic heterocycles. The lowest BCUT2D eigenvalue weighted by molar-refractivity contribution is 0.0785. The number of hydrogen-bond donors (Lipinski definition) is 2. The maximum Gasteiger partial charge on any atom is 0.257 e. The second-order valence-corrected chi connectivity index (χ2v) is 4.65. The summed E-state index contributed by atoms with van der Waals surface area (Å²) in [4.78, 5) is 14.0. The third kappa shape index (κ3) is 3.17. The minimum absolute atomic E-state index is 0.0884. The maximum absolute atomic E-state index is 12.0. The van der Waals surface area contributed by atoms with E-state index >= 15 is 0 Å². The van der Waals surface area contributed by atoms with Crippen molar-refractivity contribution >= 4 is 23.1 Å². The second-order valence-electron chi connectivity index (χ2n) is 4.21. The van der Waals surface area contributed by atoms with Gasteiger partial charge in [0.25, 0.3) is 5.91 Å². The fourth-order valence-electron chi connectivity index (χ4n) is 1.76. The molecular weight excluding hydrogens is 260 g/mol. The van der Waals surface area contributed by atoms with E-state index in [9.17, 15) is 4.79 Å². The molecule has 5 nitrogen and oxygen atoms in total. The topological polar surface area (TPSA) is 75.0 Å². The minimum atomic E-state index is -0.0884. The molecule has 0 bridgehead atoms. The highest BCUT2D eigenvalue weighted by atomic mass is 32.1. The van der Waals surface area contributed by atoms with Gasteiger partial charge in [-0.15, -0.1) is 0 Å². The Morgan fingerprint density at radius 3 is 2.89 bits per heavy atom. The van der Waals surface area contributed by atoms with Crippen LogP contribution < -0.4 is 5.73 Å². The molecule has 0 aliphatic rings. The van der Waals surface area contributed by atoms with Crippen molar-refractivity contribution in [2.75, 3.05) is 7.05 Å². The number of amides is 1. The molecule has 19 heavy (non-hydrogen) atoms. The van der Waals surface area contributed by atoms with E-state index in [2.05, 4.69) is 10.2 Å². The van der Waals surface area contributed by atoms with Crippen LogP contribution in [0.5, 0.6) is 0 Å². The molecule has 1 heterocycles. The van der Waals surface area contributed by atoms with E-state index in [0.29, 0.717) is 17.1 Å². The number of nitrogens with one attached hydrogen (secondary N) is 1. The van der Waals surface area contributed by atoms with Gasteiger partial charge in [-0.25, -0.2) is 0 Å². The van der Waals surface area contributed by atoms with Gasteiger partial charge < -0.3 is 10.6 Å². The lowest BCUT2D eigenvalue weighted by Gasteiger charge is -2.16. The van der Waals surface area contributed by atoms with Crippen LogP contribution in [0.1, 0.15) is 21.5 Å². The van der Waals surface area contributed by atoms with Gasteiger partial charge >= 0.3 is 0 Å². The van der Waals surface area contributed by atoms with E-state index < -0.39 is 0 Å². The molecule has 2 aromatic rings. The molecule has 0 radical (unpaired) electrons. The first-order valence-electron chi connectivity index (χ1n) is 5.71. The van der Waals surface area contributed by atoms with Gasteiger partial charge in [-0.05, 0) is 11.6 Å². The van der Waals surface area contributed by atoms with Crippen molar-refractivity contribution < 1.29 is 4.79 Å². The quantitative estimate of drug-likeness (QED) is 0.824. The summed E-state index contributed by atoms with van der Waals surface area (Å²) < 4.78 is 0. The van der Waals surface area contributed by atoms with Gasteiger partial charge in [0, 0.05) is 25.4 Å². The summed E-state index contributed by atoms with van der Waals surface area (Å²) in [7, 11) is 1.74. The van der Waals surface area contributed by atoms with Gasteiger partial charge in [0.1, 0.15) is 4.99 Å². The molecule has 1 amide bonds. The second kappa shape index (κ2) is 5.62. The van der Waals surface area contributed by atoms with Crippen LogP contribution in [-0.2, 0) is 6.54 Å². The molecule has 6 heteroatoms. The van der Waals surface area contributed by atoms with Gasteiger partial charge in [0.2, 0.25) is 0 Å². The fourth-order valence-corrected chi connectivity index (χ4v) is 1.88. The van der Waals surface area contributed by atoms with Crippen molar-refractivity contribution in [3.05, 3.63) is 53.3 Å². The average Bonchev–Trinajstić information content (AvgIpc) is 2.92. The summed E-state index contributed by atoms with van der Waals surface area (Å²) in [5.41, 5.74) is 7.90. The summed E-state index contributed by atoms with van der Waals surface area (Å²) in [5.74, 6) is -0.0884. The maximum atomic E-state index is 12.0. The molecule has 0 spiro atoms. The number of benzene rings is 1. The van der Waals surface area contributed by atoms with E-state index in [0.717, 1.165) is 11.1 Å². The van der Waals surface area contributed by atoms with Crippen molar-refractivity contribution in [3.63, 3.8) is 0 Å². The highest BCUT2D eigenvalue weighted by Crippen LogP contribution is 2.10. The predicted octanol–water partition coefficient (Wildman–Crippen LogP) is 1.32. The first-order chi connectivity index (χ1) is 9.08. The average molecular weight is 274 g/mol. The fraction of sp³-hybridized carbons (Fsp3) is 0.154. The normalized spacial score (nSPS) is 10.2. The molecule has 0 atom stereocenters. The van der Waals surface area contributed by atoms with E-state index in [1.165, 1.54) is 6.20 Å². The number of nitrogens with two attached hydrogens (primary N) is 1. The van der Waals surface area contributed by atoms with Crippen LogP contribution in [0.2, 0.25) is 0 Å². The van der Waals surface area contributed by atoms with Crippen LogP contribution in [0.4, 0.5) is 0 Å². The summed E-state index contributed by atoms with van der Waals surface area (Å²) >= 11 is 4.94. The van der Waals surface area contributed by atoms with Crippen molar-refractivity contribution in [1.29, 1.82) is 0 Å². The van der Waals surface area contributed by atoms with E-state index in [-0.39, 0.29) is 5.91 Å². The molecule has 0 saturated carbocycles. The third-order valence-electron chi connectivity index (χ3n) is 2.72. The molecule has 98 valence electrons. The predicted molar refractivity (Wildman–Crippen MR) is 76.7 cm³/mol. The Labute approximate surface area is 116 Å². The Balaban J connectivity index is 2.10. The summed E-state index contributed by atoms with van der Waals surface area (Å²) in [6.07, 6.45) is 3.08. The van der Waals surface area contributed by atoms with Crippen LogP contribution in [0.3, 0.4) is 0 Å². The molecule has 2 rings (SSSR count). The Kier molecular flexibility index (Phi) is 3.91. The number of aromatic nitrogens is 2. The highest BCUT2D eigenvalue weighted by Gasteiger charge is 2.13. The van der Waals surface area contributed by atoms with Gasteiger partial charge in [-0.3, -0.25) is 9.89 Å². The largest absolute Gasteiger partial charge is 0.389 e. The zero-order valence-corrected chi connectivity index (χ0v) is 11.3. The van der Waals surface area contributed by atoms with Crippen LogP contribution in [0.15, 0.2) is 36.7 Å². The molecule has 3 N–H and O–H groups in total. The lowest BCUT2D eigenvalue weighted by Crippen LogP contribution is -2.26. The van der Waals surface area contributed by atoms with E-state index in [1.807, 2.05) is 24.3 Å². The molecule has 1 aromatic carbocycles. The number of thiocarbonyl (C=S) groups is 1. The zero-order valence-electron chi connectivity index (χ0n) is 10.5. The summed E-state index contributed by atoms with van der Waals surface area (Å²) in [6, 6.07) is 7.55. The lowest BCUT2D eigenvalue weighted by atomic mass is 10.1. The van der Waals surface area contributed by atoms with Crippen molar-refractivity contribution in [2.24, 2.45) is 5.73 Å². The van der Waals surface area contributed by atoms with Crippen LogP contribution >= 0.6 is 12.2 Å². The number of carbonyl (C=O) groups excluding carboxylic acids is 1. The standard InChI is InChI=1S/C13H14N4OS/c1-17(13(18)11-6-15-16-7-11)8-9-3-2-4-10(5-9)12(14)19/h2-7H,8H2,1H3,(H2,14,19)(H,15,16). The van der Waals surface area contributed by atoms with E-state index in [1.54, 1.807) is 18.1 Å². The van der Waals surface area contributed by atoms with Crippen molar-refractivity contribution in [3.8, 4) is 0 Å². The number of carbonyl (C=O) groups is 1. The third-order valence-corrected chi connectivity index (χ3v) is 2.96. The Morgan fingerprint density at radius 2 is 2.26 bits per heavy atom. The van der Waals surface area contributed by atoms with Gasteiger partial charge in [0.05, 0.1) is 11.8 Å². The first kappa shape index (κ1) is 13.2. The minimum Gasteiger partial charge on any atom is -0.389 e. The van der Waals surface area contributed by atoms with Crippen LogP contribution in [-0.4, -0.2) is 33.0 Å². The van der Waals surface area contributed by atoms with Gasteiger partial charge in [-0.1, -0.05) is 30.4 Å². The van der Waals surface area contributed by atoms with Gasteiger partial charge in [-0.2, -0.15) is 5.10 Å². The van der Waals surface area contributed by atoms with Crippen LogP contribution in [0.25, 0.3) is 0 Å². The number of aromatic amines is 1. The molecule has 1 aromatic heterocycles.